The Morgan fingerprint density at radius 3 is 2.44 bits per heavy atom. The first kappa shape index (κ1) is 19.5. The Morgan fingerprint density at radius 1 is 1.22 bits per heavy atom. The third-order valence-electron chi connectivity index (χ3n) is 3.89. The average Bonchev–Trinajstić information content (AvgIpc) is 3.18. The Labute approximate surface area is 165 Å². The van der Waals surface area contributed by atoms with Gasteiger partial charge in [-0.1, -0.05) is 12.1 Å². The van der Waals surface area contributed by atoms with Crippen molar-refractivity contribution in [3.63, 3.8) is 0 Å². The van der Waals surface area contributed by atoms with Crippen LogP contribution in [0.2, 0.25) is 0 Å². The monoisotopic (exact) mass is 420 g/mol. The van der Waals surface area contributed by atoms with Crippen LogP contribution in [-0.2, 0) is 10.1 Å². The van der Waals surface area contributed by atoms with E-state index in [0.717, 1.165) is 19.3 Å². The molecule has 2 N–H and O–H groups in total. The van der Waals surface area contributed by atoms with Gasteiger partial charge in [0.25, 0.3) is 10.1 Å². The van der Waals surface area contributed by atoms with E-state index in [1.807, 2.05) is 18.0 Å². The lowest BCUT2D eigenvalue weighted by molar-refractivity contribution is 0.304. The fraction of sp³-hybridized carbons (Fsp3) is 0.167. The van der Waals surface area contributed by atoms with Crippen LogP contribution in [0, 0.1) is 11.3 Å². The van der Waals surface area contributed by atoms with E-state index in [1.54, 1.807) is 28.7 Å². The van der Waals surface area contributed by atoms with Gasteiger partial charge in [0, 0.05) is 27.9 Å². The van der Waals surface area contributed by atoms with E-state index in [0.29, 0.717) is 17.7 Å². The summed E-state index contributed by atoms with van der Waals surface area (Å²) in [7, 11) is -2.33. The maximum atomic E-state index is 11.1. The maximum Gasteiger partial charge on any atom is 0.294 e. The van der Waals surface area contributed by atoms with Crippen LogP contribution in [0.5, 0.6) is 0 Å². The quantitative estimate of drug-likeness (QED) is 0.466. The number of anilines is 1. The van der Waals surface area contributed by atoms with Gasteiger partial charge in [0.15, 0.2) is 0 Å². The third kappa shape index (κ3) is 4.37. The van der Waals surface area contributed by atoms with Crippen LogP contribution in [0.15, 0.2) is 41.3 Å². The molecule has 0 aliphatic rings. The van der Waals surface area contributed by atoms with E-state index in [1.165, 1.54) is 24.3 Å². The smallest absolute Gasteiger partial charge is 0.294 e. The molecule has 0 fully saturated rings. The molecule has 6 nitrogen and oxygen atoms in total. The summed E-state index contributed by atoms with van der Waals surface area (Å²) in [5.41, 5.74) is 0.980. The van der Waals surface area contributed by atoms with Gasteiger partial charge in [-0.05, 0) is 35.9 Å². The number of benzene rings is 1. The predicted molar refractivity (Wildman–Crippen MR) is 110 cm³/mol. The van der Waals surface area contributed by atoms with Crippen molar-refractivity contribution in [2.75, 3.05) is 25.1 Å². The molecule has 0 amide bonds. The van der Waals surface area contributed by atoms with E-state index >= 15 is 0 Å². The second kappa shape index (κ2) is 7.80. The highest BCUT2D eigenvalue weighted by Gasteiger charge is 2.12. The summed E-state index contributed by atoms with van der Waals surface area (Å²) < 4.78 is 33.5. The summed E-state index contributed by atoms with van der Waals surface area (Å²) in [6.45, 7) is 0.663. The van der Waals surface area contributed by atoms with Crippen molar-refractivity contribution in [3.05, 3.63) is 46.8 Å². The van der Waals surface area contributed by atoms with Gasteiger partial charge in [-0.25, -0.2) is 0 Å². The molecule has 0 saturated heterocycles. The topological polar surface area (TPSA) is 102 Å². The van der Waals surface area contributed by atoms with Gasteiger partial charge in [-0.2, -0.15) is 13.7 Å². The lowest BCUT2D eigenvalue weighted by atomic mass is 10.1. The van der Waals surface area contributed by atoms with Gasteiger partial charge in [0.2, 0.25) is 0 Å². The number of allylic oxidation sites excluding steroid dienone is 1. The fourth-order valence-corrected chi connectivity index (χ4v) is 5.30. The summed E-state index contributed by atoms with van der Waals surface area (Å²) in [5.74, 6) is 0. The number of hydrogen-bond acceptors (Lipinski definition) is 7. The molecule has 27 heavy (non-hydrogen) atoms. The molecule has 2 heterocycles. The molecule has 0 spiro atoms. The highest BCUT2D eigenvalue weighted by atomic mass is 32.2. The van der Waals surface area contributed by atoms with Crippen molar-refractivity contribution in [3.8, 4) is 6.07 Å². The molecule has 0 radical (unpaired) electrons. The third-order valence-corrected chi connectivity index (χ3v) is 7.12. The summed E-state index contributed by atoms with van der Waals surface area (Å²) in [5, 5.41) is 19.6. The maximum absolute atomic E-state index is 11.1. The molecular formula is C18H16N2O4S3. The molecule has 0 unspecified atom stereocenters. The van der Waals surface area contributed by atoms with Crippen LogP contribution in [-0.4, -0.2) is 38.3 Å². The van der Waals surface area contributed by atoms with Gasteiger partial charge >= 0.3 is 0 Å². The van der Waals surface area contributed by atoms with Crippen molar-refractivity contribution < 1.29 is 18.1 Å². The minimum Gasteiger partial charge on any atom is -0.395 e. The first-order valence-corrected chi connectivity index (χ1v) is 10.9. The van der Waals surface area contributed by atoms with Crippen LogP contribution in [0.3, 0.4) is 0 Å². The molecule has 140 valence electrons. The van der Waals surface area contributed by atoms with Gasteiger partial charge in [-0.15, -0.1) is 22.7 Å². The Balaban J connectivity index is 1.89. The zero-order chi connectivity index (χ0) is 19.6. The standard InChI is InChI=1S/C18H16N2O4S3/c1-20(6-7-21)18-10-17-16(26-18)9-14(25-17)8-13(11-19)12-2-4-15(5-3-12)27(22,23)24/h2-5,8-10,21H,6-7H2,1H3,(H,22,23,24)/b13-8+. The zero-order valence-corrected chi connectivity index (χ0v) is 16.7. The molecule has 2 aromatic heterocycles. The second-order valence-corrected chi connectivity index (χ2v) is 9.38. The van der Waals surface area contributed by atoms with Crippen molar-refractivity contribution >= 4 is 58.8 Å². The van der Waals surface area contributed by atoms with Crippen molar-refractivity contribution in [2.45, 2.75) is 4.90 Å². The summed E-state index contributed by atoms with van der Waals surface area (Å²) >= 11 is 3.18. The molecule has 0 saturated carbocycles. The number of aliphatic hydroxyl groups is 1. The SMILES string of the molecule is CN(CCO)c1cc2sc(/C=C(\C#N)c3ccc(S(=O)(=O)O)cc3)cc2s1. The number of nitrogens with zero attached hydrogens (tertiary/aromatic N) is 2. The van der Waals surface area contributed by atoms with Crippen molar-refractivity contribution in [2.24, 2.45) is 0 Å². The van der Waals surface area contributed by atoms with Crippen LogP contribution < -0.4 is 4.90 Å². The van der Waals surface area contributed by atoms with E-state index in [4.69, 9.17) is 9.66 Å². The Morgan fingerprint density at radius 2 is 1.89 bits per heavy atom. The zero-order valence-electron chi connectivity index (χ0n) is 14.3. The van der Waals surface area contributed by atoms with E-state index in [2.05, 4.69) is 12.1 Å². The van der Waals surface area contributed by atoms with Gasteiger partial charge in [0.05, 0.1) is 28.1 Å². The first-order chi connectivity index (χ1) is 12.8. The molecule has 9 heteroatoms. The van der Waals surface area contributed by atoms with Crippen LogP contribution >= 0.6 is 22.7 Å². The minimum absolute atomic E-state index is 0.0952. The van der Waals surface area contributed by atoms with Gasteiger partial charge in [0.1, 0.15) is 0 Å². The van der Waals surface area contributed by atoms with E-state index in [-0.39, 0.29) is 11.5 Å². The number of fused-ring (bicyclic) bond motifs is 1. The predicted octanol–water partition coefficient (Wildman–Crippen LogP) is 3.70. The number of likely N-dealkylation sites (N-methyl/N-ethyl adjacent to an activating group) is 1. The van der Waals surface area contributed by atoms with Crippen LogP contribution in [0.1, 0.15) is 10.4 Å². The highest BCUT2D eigenvalue weighted by Crippen LogP contribution is 2.38. The lowest BCUT2D eigenvalue weighted by Gasteiger charge is -2.14. The van der Waals surface area contributed by atoms with Crippen molar-refractivity contribution in [1.82, 2.24) is 0 Å². The Hall–Kier alpha value is -2.22. The summed E-state index contributed by atoms with van der Waals surface area (Å²) in [4.78, 5) is 2.70. The second-order valence-electron chi connectivity index (χ2n) is 5.78. The van der Waals surface area contributed by atoms with Crippen LogP contribution in [0.25, 0.3) is 21.0 Å². The number of rotatable bonds is 6. The van der Waals surface area contributed by atoms with E-state index < -0.39 is 10.1 Å². The number of aliphatic hydroxyl groups excluding tert-OH is 1. The number of nitriles is 1. The normalized spacial score (nSPS) is 12.3. The average molecular weight is 421 g/mol. The molecule has 0 bridgehead atoms. The Kier molecular flexibility index (Phi) is 5.64. The van der Waals surface area contributed by atoms with Gasteiger partial charge in [-0.3, -0.25) is 4.55 Å². The minimum atomic E-state index is -4.25. The van der Waals surface area contributed by atoms with Crippen molar-refractivity contribution in [1.29, 1.82) is 5.26 Å². The number of hydrogen-bond donors (Lipinski definition) is 2. The number of thiophene rings is 2. The van der Waals surface area contributed by atoms with Gasteiger partial charge < -0.3 is 10.0 Å². The first-order valence-electron chi connectivity index (χ1n) is 7.87. The highest BCUT2D eigenvalue weighted by molar-refractivity contribution is 7.85. The molecule has 1 aromatic carbocycles. The van der Waals surface area contributed by atoms with E-state index in [9.17, 15) is 13.7 Å². The van der Waals surface area contributed by atoms with Crippen LogP contribution in [0.4, 0.5) is 5.00 Å². The molecule has 0 aliphatic carbocycles. The molecular weight excluding hydrogens is 404 g/mol. The lowest BCUT2D eigenvalue weighted by Crippen LogP contribution is -2.19. The molecule has 0 aliphatic heterocycles. The summed E-state index contributed by atoms with van der Waals surface area (Å²) in [6, 6.07) is 11.7. The summed E-state index contributed by atoms with van der Waals surface area (Å²) in [6.07, 6.45) is 1.76. The fourth-order valence-electron chi connectivity index (χ4n) is 2.49. The molecule has 0 atom stereocenters. The Bertz CT molecular complexity index is 1100. The molecule has 3 aromatic rings. The molecule has 3 rings (SSSR count). The largest absolute Gasteiger partial charge is 0.395 e.